The molecule has 106 valence electrons. The van der Waals surface area contributed by atoms with Crippen molar-refractivity contribution < 1.29 is 14.3 Å². The normalized spacial score (nSPS) is 12.7. The van der Waals surface area contributed by atoms with Crippen LogP contribution in [0.2, 0.25) is 0 Å². The minimum absolute atomic E-state index is 0.105. The smallest absolute Gasteiger partial charge is 0.426 e. The van der Waals surface area contributed by atoms with E-state index in [0.717, 1.165) is 25.7 Å². The van der Waals surface area contributed by atoms with Crippen LogP contribution >= 0.6 is 0 Å². The van der Waals surface area contributed by atoms with E-state index in [2.05, 4.69) is 17.8 Å². The van der Waals surface area contributed by atoms with Crippen LogP contribution in [0.1, 0.15) is 60.3 Å². The van der Waals surface area contributed by atoms with Crippen LogP contribution in [0, 0.1) is 5.92 Å². The number of hydrazine groups is 1. The fourth-order valence-electron chi connectivity index (χ4n) is 1.37. The maximum absolute atomic E-state index is 11.6. The second kappa shape index (κ2) is 7.95. The predicted octanol–water partition coefficient (Wildman–Crippen LogP) is 2.76. The Kier molecular flexibility index (Phi) is 7.39. The summed E-state index contributed by atoms with van der Waals surface area (Å²) in [7, 11) is 0. The number of unbranched alkanes of at least 4 members (excludes halogenated alkanes) is 2. The van der Waals surface area contributed by atoms with Crippen molar-refractivity contribution in [2.45, 2.75) is 65.9 Å². The summed E-state index contributed by atoms with van der Waals surface area (Å²) in [4.78, 5) is 22.9. The summed E-state index contributed by atoms with van der Waals surface area (Å²) in [5.41, 5.74) is 4.05. The number of hydrogen-bond acceptors (Lipinski definition) is 3. The molecule has 0 aliphatic rings. The number of nitrogens with one attached hydrogen (secondary N) is 2. The third-order valence-corrected chi connectivity index (χ3v) is 2.37. The van der Waals surface area contributed by atoms with Gasteiger partial charge in [0.2, 0.25) is 5.91 Å². The average Bonchev–Trinajstić information content (AvgIpc) is 2.23. The first-order valence-corrected chi connectivity index (χ1v) is 6.55. The maximum Gasteiger partial charge on any atom is 0.426 e. The van der Waals surface area contributed by atoms with Crippen LogP contribution in [0.5, 0.6) is 0 Å². The van der Waals surface area contributed by atoms with Gasteiger partial charge in [0.05, 0.1) is 0 Å². The van der Waals surface area contributed by atoms with E-state index in [4.69, 9.17) is 4.74 Å². The van der Waals surface area contributed by atoms with Crippen molar-refractivity contribution in [1.82, 2.24) is 10.9 Å². The lowest BCUT2D eigenvalue weighted by molar-refractivity contribution is -0.125. The summed E-state index contributed by atoms with van der Waals surface area (Å²) in [6.07, 6.45) is 3.46. The van der Waals surface area contributed by atoms with Crippen molar-refractivity contribution in [2.75, 3.05) is 0 Å². The lowest BCUT2D eigenvalue weighted by Crippen LogP contribution is -2.46. The molecule has 0 aliphatic carbocycles. The van der Waals surface area contributed by atoms with Crippen LogP contribution in [-0.4, -0.2) is 17.6 Å². The van der Waals surface area contributed by atoms with Gasteiger partial charge in [-0.3, -0.25) is 10.2 Å². The molecule has 0 saturated carbocycles. The van der Waals surface area contributed by atoms with E-state index < -0.39 is 11.7 Å². The van der Waals surface area contributed by atoms with Crippen molar-refractivity contribution in [3.05, 3.63) is 0 Å². The number of rotatable bonds is 5. The maximum atomic E-state index is 11.6. The number of amides is 2. The molecule has 0 aromatic rings. The Bertz CT molecular complexity index is 272. The Morgan fingerprint density at radius 3 is 2.28 bits per heavy atom. The highest BCUT2D eigenvalue weighted by Crippen LogP contribution is 2.09. The molecule has 1 unspecified atom stereocenters. The van der Waals surface area contributed by atoms with Crippen LogP contribution < -0.4 is 10.9 Å². The summed E-state index contributed by atoms with van der Waals surface area (Å²) < 4.78 is 5.00. The number of carbonyl (C=O) groups excluding carboxylic acids is 2. The highest BCUT2D eigenvalue weighted by atomic mass is 16.6. The lowest BCUT2D eigenvalue weighted by Gasteiger charge is -2.20. The van der Waals surface area contributed by atoms with Crippen molar-refractivity contribution >= 4 is 12.0 Å². The highest BCUT2D eigenvalue weighted by Gasteiger charge is 2.18. The van der Waals surface area contributed by atoms with Gasteiger partial charge in [0, 0.05) is 5.92 Å². The lowest BCUT2D eigenvalue weighted by atomic mass is 10.0. The minimum atomic E-state index is -0.642. The molecular weight excluding hydrogens is 232 g/mol. The second-order valence-corrected chi connectivity index (χ2v) is 5.51. The first-order valence-electron chi connectivity index (χ1n) is 6.55. The molecule has 0 spiro atoms. The third-order valence-electron chi connectivity index (χ3n) is 2.37. The van der Waals surface area contributed by atoms with Crippen molar-refractivity contribution in [1.29, 1.82) is 0 Å². The number of ether oxygens (including phenoxy) is 1. The van der Waals surface area contributed by atoms with Gasteiger partial charge in [0.15, 0.2) is 0 Å². The summed E-state index contributed by atoms with van der Waals surface area (Å²) >= 11 is 0. The van der Waals surface area contributed by atoms with Gasteiger partial charge in [0.25, 0.3) is 0 Å². The Morgan fingerprint density at radius 1 is 1.17 bits per heavy atom. The standard InChI is InChI=1S/C13H26N2O3/c1-6-7-8-9-10(2)11(16)14-15-12(17)18-13(3,4)5/h10H,6-9H2,1-5H3,(H,14,16)(H,15,17). The van der Waals surface area contributed by atoms with Crippen molar-refractivity contribution in [3.63, 3.8) is 0 Å². The van der Waals surface area contributed by atoms with Gasteiger partial charge in [-0.25, -0.2) is 10.2 Å². The molecule has 2 amide bonds. The molecular formula is C13H26N2O3. The minimum Gasteiger partial charge on any atom is -0.443 e. The van der Waals surface area contributed by atoms with E-state index in [0.29, 0.717) is 0 Å². The molecule has 0 aromatic carbocycles. The molecule has 5 heteroatoms. The first-order chi connectivity index (χ1) is 8.26. The van der Waals surface area contributed by atoms with Gasteiger partial charge in [-0.15, -0.1) is 0 Å². The van der Waals surface area contributed by atoms with Crippen LogP contribution in [-0.2, 0) is 9.53 Å². The van der Waals surface area contributed by atoms with Gasteiger partial charge in [-0.1, -0.05) is 33.1 Å². The van der Waals surface area contributed by atoms with Crippen LogP contribution in [0.3, 0.4) is 0 Å². The van der Waals surface area contributed by atoms with Crippen molar-refractivity contribution in [3.8, 4) is 0 Å². The van der Waals surface area contributed by atoms with Crippen LogP contribution in [0.4, 0.5) is 4.79 Å². The van der Waals surface area contributed by atoms with E-state index in [1.807, 2.05) is 6.92 Å². The molecule has 0 saturated heterocycles. The number of hydrogen-bond donors (Lipinski definition) is 2. The molecule has 0 heterocycles. The first kappa shape index (κ1) is 16.7. The van der Waals surface area contributed by atoms with E-state index in [9.17, 15) is 9.59 Å². The average molecular weight is 258 g/mol. The third kappa shape index (κ3) is 8.84. The van der Waals surface area contributed by atoms with E-state index in [1.165, 1.54) is 0 Å². The zero-order valence-electron chi connectivity index (χ0n) is 12.1. The molecule has 0 bridgehead atoms. The van der Waals surface area contributed by atoms with Gasteiger partial charge < -0.3 is 4.74 Å². The zero-order valence-corrected chi connectivity index (χ0v) is 12.1. The Morgan fingerprint density at radius 2 is 1.78 bits per heavy atom. The van der Waals surface area contributed by atoms with Gasteiger partial charge in [-0.2, -0.15) is 0 Å². The van der Waals surface area contributed by atoms with Crippen LogP contribution in [0.15, 0.2) is 0 Å². The summed E-state index contributed by atoms with van der Waals surface area (Å²) in [5.74, 6) is -0.288. The molecule has 1 atom stereocenters. The molecule has 0 rings (SSSR count). The fraction of sp³-hybridized carbons (Fsp3) is 0.846. The number of carbonyl (C=O) groups is 2. The van der Waals surface area contributed by atoms with E-state index in [-0.39, 0.29) is 11.8 Å². The zero-order chi connectivity index (χ0) is 14.2. The second-order valence-electron chi connectivity index (χ2n) is 5.51. The van der Waals surface area contributed by atoms with Gasteiger partial charge in [0.1, 0.15) is 5.60 Å². The van der Waals surface area contributed by atoms with Gasteiger partial charge in [-0.05, 0) is 27.2 Å². The summed E-state index contributed by atoms with van der Waals surface area (Å²) in [5, 5.41) is 0. The molecule has 5 nitrogen and oxygen atoms in total. The molecule has 0 fully saturated rings. The van der Waals surface area contributed by atoms with Gasteiger partial charge >= 0.3 is 6.09 Å². The topological polar surface area (TPSA) is 67.4 Å². The highest BCUT2D eigenvalue weighted by molar-refractivity contribution is 5.80. The molecule has 0 aromatic heterocycles. The van der Waals surface area contributed by atoms with Crippen molar-refractivity contribution in [2.24, 2.45) is 5.92 Å². The Hall–Kier alpha value is -1.26. The largest absolute Gasteiger partial charge is 0.443 e. The predicted molar refractivity (Wildman–Crippen MR) is 70.8 cm³/mol. The van der Waals surface area contributed by atoms with E-state index >= 15 is 0 Å². The van der Waals surface area contributed by atoms with Crippen LogP contribution in [0.25, 0.3) is 0 Å². The SMILES string of the molecule is CCCCCC(C)C(=O)NNC(=O)OC(C)(C)C. The Balaban J connectivity index is 3.85. The molecule has 18 heavy (non-hydrogen) atoms. The molecule has 0 aliphatic heterocycles. The fourth-order valence-corrected chi connectivity index (χ4v) is 1.37. The molecule has 0 radical (unpaired) electrons. The molecule has 2 N–H and O–H groups in total. The van der Waals surface area contributed by atoms with E-state index in [1.54, 1.807) is 20.8 Å². The Labute approximate surface area is 110 Å². The quantitative estimate of drug-likeness (QED) is 0.588. The summed E-state index contributed by atoms with van der Waals surface area (Å²) in [6, 6.07) is 0. The summed E-state index contributed by atoms with van der Waals surface area (Å²) in [6.45, 7) is 9.27. The monoisotopic (exact) mass is 258 g/mol.